The quantitative estimate of drug-likeness (QED) is 0.743. The molecule has 0 aromatic carbocycles. The molecule has 1 aromatic heterocycles. The van der Waals surface area contributed by atoms with Crippen molar-refractivity contribution in [3.05, 3.63) is 12.2 Å². The van der Waals surface area contributed by atoms with Crippen molar-refractivity contribution in [3.63, 3.8) is 0 Å². The highest BCUT2D eigenvalue weighted by molar-refractivity contribution is 4.91. The molecule has 16 heavy (non-hydrogen) atoms. The van der Waals surface area contributed by atoms with Gasteiger partial charge >= 0.3 is 0 Å². The predicted molar refractivity (Wildman–Crippen MR) is 64.8 cm³/mol. The molecule has 88 valence electrons. The third-order valence-corrected chi connectivity index (χ3v) is 2.54. The van der Waals surface area contributed by atoms with Crippen molar-refractivity contribution in [3.8, 4) is 12.3 Å². The summed E-state index contributed by atoms with van der Waals surface area (Å²) < 4.78 is 1.93. The summed E-state index contributed by atoms with van der Waals surface area (Å²) in [6, 6.07) is 0.703. The van der Waals surface area contributed by atoms with Gasteiger partial charge in [0.05, 0.1) is 6.54 Å². The Morgan fingerprint density at radius 1 is 1.56 bits per heavy atom. The molecule has 0 aliphatic carbocycles. The molecule has 0 amide bonds. The Morgan fingerprint density at radius 2 is 2.31 bits per heavy atom. The molecule has 0 aliphatic rings. The fourth-order valence-corrected chi connectivity index (χ4v) is 1.57. The highest BCUT2D eigenvalue weighted by Crippen LogP contribution is 2.06. The molecule has 0 saturated heterocycles. The molecule has 0 spiro atoms. The van der Waals surface area contributed by atoms with E-state index >= 15 is 0 Å². The second-order valence-electron chi connectivity index (χ2n) is 4.11. The van der Waals surface area contributed by atoms with E-state index in [4.69, 9.17) is 6.42 Å². The normalized spacial score (nSPS) is 12.7. The number of hydrogen-bond acceptors (Lipinski definition) is 3. The van der Waals surface area contributed by atoms with E-state index in [0.717, 1.165) is 25.2 Å². The maximum Gasteiger partial charge on any atom is 0.141 e. The third kappa shape index (κ3) is 3.35. The van der Waals surface area contributed by atoms with Gasteiger partial charge in [0.25, 0.3) is 0 Å². The largest absolute Gasteiger partial charge is 0.306 e. The lowest BCUT2D eigenvalue weighted by atomic mass is 10.1. The molecule has 1 N–H and O–H groups in total. The van der Waals surface area contributed by atoms with E-state index in [0.29, 0.717) is 12.1 Å². The van der Waals surface area contributed by atoms with Gasteiger partial charge in [0, 0.05) is 18.5 Å². The van der Waals surface area contributed by atoms with Crippen LogP contribution in [-0.2, 0) is 6.54 Å². The van der Waals surface area contributed by atoms with Crippen LogP contribution in [0.5, 0.6) is 0 Å². The zero-order chi connectivity index (χ0) is 12.0. The van der Waals surface area contributed by atoms with Gasteiger partial charge in [-0.15, -0.1) is 12.3 Å². The zero-order valence-electron chi connectivity index (χ0n) is 10.3. The Bertz CT molecular complexity index is 348. The highest BCUT2D eigenvalue weighted by Gasteiger charge is 2.09. The number of rotatable bonds is 6. The first-order valence-electron chi connectivity index (χ1n) is 5.74. The molecule has 0 saturated carbocycles. The van der Waals surface area contributed by atoms with Crippen LogP contribution in [0.2, 0.25) is 0 Å². The molecule has 4 heteroatoms. The second kappa shape index (κ2) is 6.29. The van der Waals surface area contributed by atoms with Crippen molar-refractivity contribution in [2.75, 3.05) is 0 Å². The Labute approximate surface area is 97.5 Å². The van der Waals surface area contributed by atoms with Crippen LogP contribution in [0.3, 0.4) is 0 Å². The first-order chi connectivity index (χ1) is 7.69. The van der Waals surface area contributed by atoms with E-state index in [1.165, 1.54) is 0 Å². The van der Waals surface area contributed by atoms with Crippen LogP contribution in [0.4, 0.5) is 0 Å². The topological polar surface area (TPSA) is 42.7 Å². The minimum atomic E-state index is 0.340. The zero-order valence-corrected chi connectivity index (χ0v) is 10.3. The van der Waals surface area contributed by atoms with Crippen LogP contribution < -0.4 is 5.32 Å². The van der Waals surface area contributed by atoms with E-state index in [-0.39, 0.29) is 0 Å². The van der Waals surface area contributed by atoms with Gasteiger partial charge in [0.2, 0.25) is 0 Å². The average Bonchev–Trinajstić information content (AvgIpc) is 2.72. The number of nitrogens with zero attached hydrogens (tertiary/aromatic N) is 3. The summed E-state index contributed by atoms with van der Waals surface area (Å²) in [5, 5.41) is 7.59. The molecule has 1 heterocycles. The maximum atomic E-state index is 5.31. The lowest BCUT2D eigenvalue weighted by Gasteiger charge is -2.15. The Balaban J connectivity index is 2.53. The van der Waals surface area contributed by atoms with E-state index < -0.39 is 0 Å². The van der Waals surface area contributed by atoms with Crippen LogP contribution in [0.25, 0.3) is 0 Å². The van der Waals surface area contributed by atoms with Gasteiger partial charge in [-0.2, -0.15) is 5.10 Å². The maximum absolute atomic E-state index is 5.31. The van der Waals surface area contributed by atoms with Crippen molar-refractivity contribution in [2.45, 2.75) is 52.2 Å². The standard InChI is InChI=1S/C12H20N4/c1-5-7-11(6-2)13-8-12-14-9-15-16(12)10(3)4/h1,9-11,13H,6-8H2,2-4H3. The number of aromatic nitrogens is 3. The second-order valence-corrected chi connectivity index (χ2v) is 4.11. The van der Waals surface area contributed by atoms with Crippen LogP contribution >= 0.6 is 0 Å². The summed E-state index contributed by atoms with van der Waals surface area (Å²) in [6.45, 7) is 7.04. The van der Waals surface area contributed by atoms with Crippen molar-refractivity contribution < 1.29 is 0 Å². The number of terminal acetylenes is 1. The molecule has 1 rings (SSSR count). The highest BCUT2D eigenvalue weighted by atomic mass is 15.4. The molecular weight excluding hydrogens is 200 g/mol. The Kier molecular flexibility index (Phi) is 5.00. The number of nitrogens with one attached hydrogen (secondary N) is 1. The van der Waals surface area contributed by atoms with Gasteiger partial charge < -0.3 is 5.32 Å². The molecule has 0 fully saturated rings. The fraction of sp³-hybridized carbons (Fsp3) is 0.667. The lowest BCUT2D eigenvalue weighted by molar-refractivity contribution is 0.454. The van der Waals surface area contributed by atoms with Crippen molar-refractivity contribution >= 4 is 0 Å². The molecule has 1 atom stereocenters. The molecule has 0 bridgehead atoms. The van der Waals surface area contributed by atoms with E-state index in [1.807, 2.05) is 4.68 Å². The van der Waals surface area contributed by atoms with Gasteiger partial charge in [-0.25, -0.2) is 9.67 Å². The molecule has 4 nitrogen and oxygen atoms in total. The summed E-state index contributed by atoms with van der Waals surface area (Å²) in [6.07, 6.45) is 8.69. The van der Waals surface area contributed by atoms with Gasteiger partial charge in [-0.3, -0.25) is 0 Å². The van der Waals surface area contributed by atoms with Crippen LogP contribution in [-0.4, -0.2) is 20.8 Å². The summed E-state index contributed by atoms with van der Waals surface area (Å²) >= 11 is 0. The van der Waals surface area contributed by atoms with E-state index in [9.17, 15) is 0 Å². The lowest BCUT2D eigenvalue weighted by Crippen LogP contribution is -2.29. The van der Waals surface area contributed by atoms with Gasteiger partial charge in [-0.05, 0) is 20.3 Å². The smallest absolute Gasteiger partial charge is 0.141 e. The van der Waals surface area contributed by atoms with E-state index in [2.05, 4.69) is 42.1 Å². The van der Waals surface area contributed by atoms with Crippen molar-refractivity contribution in [2.24, 2.45) is 0 Å². The van der Waals surface area contributed by atoms with Gasteiger partial charge in [0.1, 0.15) is 12.2 Å². The summed E-state index contributed by atoms with van der Waals surface area (Å²) in [5.41, 5.74) is 0. The van der Waals surface area contributed by atoms with E-state index in [1.54, 1.807) is 6.33 Å². The molecule has 0 radical (unpaired) electrons. The molecule has 1 aromatic rings. The number of hydrogen-bond donors (Lipinski definition) is 1. The molecule has 1 unspecified atom stereocenters. The summed E-state index contributed by atoms with van der Waals surface area (Å²) in [5.74, 6) is 3.64. The van der Waals surface area contributed by atoms with Crippen molar-refractivity contribution in [1.82, 2.24) is 20.1 Å². The van der Waals surface area contributed by atoms with Gasteiger partial charge in [0.15, 0.2) is 0 Å². The average molecular weight is 220 g/mol. The first-order valence-corrected chi connectivity index (χ1v) is 5.74. The minimum Gasteiger partial charge on any atom is -0.306 e. The summed E-state index contributed by atoms with van der Waals surface area (Å²) in [4.78, 5) is 4.24. The fourth-order valence-electron chi connectivity index (χ4n) is 1.57. The Hall–Kier alpha value is -1.34. The van der Waals surface area contributed by atoms with Crippen LogP contribution in [0.15, 0.2) is 6.33 Å². The third-order valence-electron chi connectivity index (χ3n) is 2.54. The Morgan fingerprint density at radius 3 is 2.88 bits per heavy atom. The minimum absolute atomic E-state index is 0.340. The monoisotopic (exact) mass is 220 g/mol. The first kappa shape index (κ1) is 12.7. The SMILES string of the molecule is C#CCC(CC)NCc1ncnn1C(C)C. The predicted octanol–water partition coefficient (Wildman–Crippen LogP) is 1.75. The molecular formula is C12H20N4. The van der Waals surface area contributed by atoms with Gasteiger partial charge in [-0.1, -0.05) is 6.92 Å². The van der Waals surface area contributed by atoms with Crippen LogP contribution in [0.1, 0.15) is 45.5 Å². The van der Waals surface area contributed by atoms with Crippen molar-refractivity contribution in [1.29, 1.82) is 0 Å². The molecule has 0 aliphatic heterocycles. The van der Waals surface area contributed by atoms with Crippen LogP contribution in [0, 0.1) is 12.3 Å². The summed E-state index contributed by atoms with van der Waals surface area (Å²) in [7, 11) is 0.